The van der Waals surface area contributed by atoms with Crippen molar-refractivity contribution in [2.24, 2.45) is 5.73 Å². The zero-order valence-electron chi connectivity index (χ0n) is 8.22. The molecular formula is C9H16N4O. The van der Waals surface area contributed by atoms with E-state index in [4.69, 9.17) is 10.5 Å². The van der Waals surface area contributed by atoms with Gasteiger partial charge in [-0.1, -0.05) is 5.21 Å². The maximum Gasteiger partial charge on any atom is 0.0962 e. The van der Waals surface area contributed by atoms with Crippen molar-refractivity contribution in [3.05, 3.63) is 11.9 Å². The van der Waals surface area contributed by atoms with Gasteiger partial charge in [-0.3, -0.25) is 0 Å². The van der Waals surface area contributed by atoms with Crippen molar-refractivity contribution < 1.29 is 4.74 Å². The van der Waals surface area contributed by atoms with E-state index in [9.17, 15) is 0 Å². The van der Waals surface area contributed by atoms with Gasteiger partial charge in [0.2, 0.25) is 0 Å². The monoisotopic (exact) mass is 196 g/mol. The van der Waals surface area contributed by atoms with Crippen LogP contribution in [0.3, 0.4) is 0 Å². The number of nitrogens with two attached hydrogens (primary N) is 1. The number of aromatic nitrogens is 3. The predicted molar refractivity (Wildman–Crippen MR) is 51.5 cm³/mol. The Labute approximate surface area is 83.2 Å². The van der Waals surface area contributed by atoms with Gasteiger partial charge in [-0.2, -0.15) is 0 Å². The zero-order valence-corrected chi connectivity index (χ0v) is 8.22. The first kappa shape index (κ1) is 9.61. The first-order valence-electron chi connectivity index (χ1n) is 5.09. The summed E-state index contributed by atoms with van der Waals surface area (Å²) in [6.07, 6.45) is 5.75. The van der Waals surface area contributed by atoms with E-state index < -0.39 is 0 Å². The third kappa shape index (κ3) is 2.30. The summed E-state index contributed by atoms with van der Waals surface area (Å²) in [4.78, 5) is 0. The summed E-state index contributed by atoms with van der Waals surface area (Å²) in [5.74, 6) is 0. The van der Waals surface area contributed by atoms with Gasteiger partial charge in [-0.05, 0) is 19.3 Å². The number of nitrogens with zero attached hydrogens (tertiary/aromatic N) is 3. The van der Waals surface area contributed by atoms with Crippen LogP contribution >= 0.6 is 0 Å². The fourth-order valence-corrected chi connectivity index (χ4v) is 1.68. The molecule has 78 valence electrons. The summed E-state index contributed by atoms with van der Waals surface area (Å²) >= 11 is 0. The second-order valence-corrected chi connectivity index (χ2v) is 3.62. The molecule has 1 saturated heterocycles. The summed E-state index contributed by atoms with van der Waals surface area (Å²) < 4.78 is 7.42. The molecule has 5 heteroatoms. The van der Waals surface area contributed by atoms with Crippen LogP contribution in [-0.2, 0) is 17.8 Å². The average Bonchev–Trinajstić information content (AvgIpc) is 2.67. The van der Waals surface area contributed by atoms with Crippen LogP contribution < -0.4 is 5.73 Å². The van der Waals surface area contributed by atoms with E-state index in [0.29, 0.717) is 12.6 Å². The Balaban J connectivity index is 1.89. The minimum Gasteiger partial charge on any atom is -0.376 e. The average molecular weight is 196 g/mol. The van der Waals surface area contributed by atoms with Crippen LogP contribution in [0.4, 0.5) is 0 Å². The fraction of sp³-hybridized carbons (Fsp3) is 0.778. The molecule has 2 N–H and O–H groups in total. The van der Waals surface area contributed by atoms with Crippen molar-refractivity contribution in [3.63, 3.8) is 0 Å². The third-order valence-electron chi connectivity index (χ3n) is 2.46. The van der Waals surface area contributed by atoms with E-state index >= 15 is 0 Å². The molecule has 0 aliphatic carbocycles. The Bertz CT molecular complexity index is 280. The van der Waals surface area contributed by atoms with Gasteiger partial charge in [0, 0.05) is 19.3 Å². The Morgan fingerprint density at radius 3 is 3.14 bits per heavy atom. The van der Waals surface area contributed by atoms with Gasteiger partial charge in [-0.25, -0.2) is 4.68 Å². The highest BCUT2D eigenvalue weighted by molar-refractivity contribution is 4.90. The molecular weight excluding hydrogens is 180 g/mol. The maximum atomic E-state index is 5.60. The van der Waals surface area contributed by atoms with Gasteiger partial charge >= 0.3 is 0 Å². The molecule has 1 atom stereocenters. The third-order valence-corrected chi connectivity index (χ3v) is 2.46. The molecule has 1 aliphatic rings. The Morgan fingerprint density at radius 2 is 2.50 bits per heavy atom. The lowest BCUT2D eigenvalue weighted by Gasteiger charge is -2.21. The first-order valence-corrected chi connectivity index (χ1v) is 5.09. The smallest absolute Gasteiger partial charge is 0.0962 e. The van der Waals surface area contributed by atoms with Crippen LogP contribution in [0, 0.1) is 0 Å². The molecule has 0 radical (unpaired) electrons. The summed E-state index contributed by atoms with van der Waals surface area (Å²) in [6.45, 7) is 2.13. The van der Waals surface area contributed by atoms with Gasteiger partial charge in [-0.15, -0.1) is 5.10 Å². The molecule has 2 heterocycles. The molecule has 0 bridgehead atoms. The van der Waals surface area contributed by atoms with Crippen molar-refractivity contribution >= 4 is 0 Å². The van der Waals surface area contributed by atoms with Gasteiger partial charge in [0.05, 0.1) is 18.3 Å². The van der Waals surface area contributed by atoms with Crippen molar-refractivity contribution in [3.8, 4) is 0 Å². The van der Waals surface area contributed by atoms with Gasteiger partial charge < -0.3 is 10.5 Å². The minimum absolute atomic E-state index is 0.302. The number of hydrogen-bond donors (Lipinski definition) is 1. The zero-order chi connectivity index (χ0) is 9.80. The first-order chi connectivity index (χ1) is 6.88. The lowest BCUT2D eigenvalue weighted by molar-refractivity contribution is 0.00370. The highest BCUT2D eigenvalue weighted by Gasteiger charge is 2.14. The maximum absolute atomic E-state index is 5.60. The number of hydrogen-bond acceptors (Lipinski definition) is 4. The molecule has 1 aromatic rings. The van der Waals surface area contributed by atoms with Crippen LogP contribution in [-0.4, -0.2) is 27.7 Å². The van der Waals surface area contributed by atoms with Gasteiger partial charge in [0.15, 0.2) is 0 Å². The summed E-state index contributed by atoms with van der Waals surface area (Å²) in [5, 5.41) is 7.92. The lowest BCUT2D eigenvalue weighted by Crippen LogP contribution is -2.24. The molecule has 1 aromatic heterocycles. The molecule has 0 amide bonds. The van der Waals surface area contributed by atoms with Crippen molar-refractivity contribution in [1.82, 2.24) is 15.0 Å². The normalized spacial score (nSPS) is 22.5. The highest BCUT2D eigenvalue weighted by atomic mass is 16.5. The predicted octanol–water partition coefficient (Wildman–Crippen LogP) is 0.306. The molecule has 2 rings (SSSR count). The molecule has 0 saturated carbocycles. The fourth-order valence-electron chi connectivity index (χ4n) is 1.68. The largest absolute Gasteiger partial charge is 0.376 e. The van der Waals surface area contributed by atoms with Gasteiger partial charge in [0.1, 0.15) is 0 Å². The summed E-state index contributed by atoms with van der Waals surface area (Å²) in [6, 6.07) is 0. The van der Waals surface area contributed by atoms with Gasteiger partial charge in [0.25, 0.3) is 0 Å². The van der Waals surface area contributed by atoms with E-state index in [-0.39, 0.29) is 0 Å². The van der Waals surface area contributed by atoms with E-state index in [1.165, 1.54) is 12.8 Å². The van der Waals surface area contributed by atoms with E-state index in [1.54, 1.807) is 0 Å². The standard InChI is InChI=1S/C9H16N4O/c10-5-8-6-13(12-11-8)7-9-3-1-2-4-14-9/h6,9H,1-5,7,10H2/t9-/m0/s1. The molecule has 1 aliphatic heterocycles. The quantitative estimate of drug-likeness (QED) is 0.755. The lowest BCUT2D eigenvalue weighted by atomic mass is 10.1. The summed E-state index contributed by atoms with van der Waals surface area (Å²) in [5.41, 5.74) is 6.28. The molecule has 14 heavy (non-hydrogen) atoms. The molecule has 5 nitrogen and oxygen atoms in total. The molecule has 0 spiro atoms. The van der Waals surface area contributed by atoms with E-state index in [0.717, 1.165) is 25.3 Å². The van der Waals surface area contributed by atoms with E-state index in [1.807, 2.05) is 10.9 Å². The molecule has 0 aromatic carbocycles. The topological polar surface area (TPSA) is 66.0 Å². The molecule has 0 unspecified atom stereocenters. The molecule has 1 fully saturated rings. The van der Waals surface area contributed by atoms with Crippen molar-refractivity contribution in [2.45, 2.75) is 38.5 Å². The van der Waals surface area contributed by atoms with Crippen LogP contribution in [0.15, 0.2) is 6.20 Å². The number of ether oxygens (including phenoxy) is 1. The Kier molecular flexibility index (Phi) is 3.10. The second-order valence-electron chi connectivity index (χ2n) is 3.62. The SMILES string of the molecule is NCc1cn(C[C@@H]2CCCCO2)nn1. The van der Waals surface area contributed by atoms with E-state index in [2.05, 4.69) is 10.3 Å². The van der Waals surface area contributed by atoms with Crippen molar-refractivity contribution in [2.75, 3.05) is 6.61 Å². The Morgan fingerprint density at radius 1 is 1.57 bits per heavy atom. The second kappa shape index (κ2) is 4.52. The summed E-state index contributed by atoms with van der Waals surface area (Å²) in [7, 11) is 0. The minimum atomic E-state index is 0.302. The van der Waals surface area contributed by atoms with Crippen LogP contribution in [0.2, 0.25) is 0 Å². The highest BCUT2D eigenvalue weighted by Crippen LogP contribution is 2.13. The van der Waals surface area contributed by atoms with Crippen LogP contribution in [0.1, 0.15) is 25.0 Å². The number of rotatable bonds is 3. The Hall–Kier alpha value is -0.940. The van der Waals surface area contributed by atoms with Crippen molar-refractivity contribution in [1.29, 1.82) is 0 Å². The van der Waals surface area contributed by atoms with Crippen LogP contribution in [0.25, 0.3) is 0 Å². The van der Waals surface area contributed by atoms with Crippen LogP contribution in [0.5, 0.6) is 0 Å².